The molecule has 3 heteroatoms. The molecular weight excluding hydrogens is 176 g/mol. The Labute approximate surface area is 88.1 Å². The lowest BCUT2D eigenvalue weighted by atomic mass is 10.0. The smallest absolute Gasteiger partial charge is 0.219 e. The summed E-state index contributed by atoms with van der Waals surface area (Å²) < 4.78 is 0. The molecule has 1 rings (SSSR count). The van der Waals surface area contributed by atoms with Crippen molar-refractivity contribution in [2.24, 2.45) is 0 Å². The van der Waals surface area contributed by atoms with Crippen LogP contribution in [0.25, 0.3) is 0 Å². The van der Waals surface area contributed by atoms with Crippen LogP contribution in [0.1, 0.15) is 33.6 Å². The van der Waals surface area contributed by atoms with Gasteiger partial charge in [0, 0.05) is 20.0 Å². The molecule has 0 aromatic carbocycles. The largest absolute Gasteiger partial charge is 0.343 e. The van der Waals surface area contributed by atoms with Crippen molar-refractivity contribution in [1.29, 1.82) is 0 Å². The Morgan fingerprint density at radius 3 is 2.07 bits per heavy atom. The lowest BCUT2D eigenvalue weighted by molar-refractivity contribution is -0.130. The van der Waals surface area contributed by atoms with Crippen molar-refractivity contribution >= 4 is 5.91 Å². The van der Waals surface area contributed by atoms with Crippen LogP contribution >= 0.6 is 0 Å². The molecule has 1 fully saturated rings. The number of piperidine rings is 1. The molecule has 0 atom stereocenters. The molecule has 0 aliphatic carbocycles. The second kappa shape index (κ2) is 6.82. The summed E-state index contributed by atoms with van der Waals surface area (Å²) >= 11 is 0. The van der Waals surface area contributed by atoms with Crippen molar-refractivity contribution in [3.63, 3.8) is 0 Å². The minimum absolute atomic E-state index is 0.185. The second-order valence-corrected chi connectivity index (χ2v) is 3.66. The molecule has 0 N–H and O–H groups in total. The third-order valence-corrected chi connectivity index (χ3v) is 2.73. The van der Waals surface area contributed by atoms with Gasteiger partial charge in [0.2, 0.25) is 5.91 Å². The monoisotopic (exact) mass is 200 g/mol. The number of hydrogen-bond donors (Lipinski definition) is 0. The fraction of sp³-hybridized carbons (Fsp3) is 0.909. The molecule has 1 saturated heterocycles. The molecule has 14 heavy (non-hydrogen) atoms. The summed E-state index contributed by atoms with van der Waals surface area (Å²) in [6, 6.07) is 0.471. The average molecular weight is 200 g/mol. The molecule has 3 nitrogen and oxygen atoms in total. The van der Waals surface area contributed by atoms with Gasteiger partial charge in [-0.15, -0.1) is 0 Å². The van der Waals surface area contributed by atoms with E-state index in [-0.39, 0.29) is 5.91 Å². The summed E-state index contributed by atoms with van der Waals surface area (Å²) in [5.74, 6) is 0.185. The highest BCUT2D eigenvalue weighted by molar-refractivity contribution is 5.73. The van der Waals surface area contributed by atoms with E-state index in [0.29, 0.717) is 6.04 Å². The zero-order valence-corrected chi connectivity index (χ0v) is 10.2. The van der Waals surface area contributed by atoms with E-state index in [9.17, 15) is 4.79 Å². The molecule has 0 aromatic heterocycles. The molecule has 1 amide bonds. The number of carbonyl (C=O) groups excluding carboxylic acids is 1. The number of amides is 1. The SMILES string of the molecule is CC.CC(=O)N(C)C1CCN(C)CC1. The van der Waals surface area contributed by atoms with E-state index < -0.39 is 0 Å². The topological polar surface area (TPSA) is 23.6 Å². The molecule has 0 unspecified atom stereocenters. The van der Waals surface area contributed by atoms with Gasteiger partial charge in [-0.25, -0.2) is 0 Å². The van der Waals surface area contributed by atoms with Crippen molar-refractivity contribution < 1.29 is 4.79 Å². The molecule has 0 radical (unpaired) electrons. The standard InChI is InChI=1S/C9H18N2O.C2H6/c1-8(12)11(3)9-4-6-10(2)7-5-9;1-2/h9H,4-7H2,1-3H3;1-2H3. The van der Waals surface area contributed by atoms with Gasteiger partial charge in [0.1, 0.15) is 0 Å². The maximum absolute atomic E-state index is 11.0. The van der Waals surface area contributed by atoms with Gasteiger partial charge in [-0.1, -0.05) is 13.8 Å². The molecule has 0 saturated carbocycles. The normalized spacial score (nSPS) is 18.4. The van der Waals surface area contributed by atoms with E-state index in [1.807, 2.05) is 25.8 Å². The Balaban J connectivity index is 0.000000791. The van der Waals surface area contributed by atoms with Crippen LogP contribution in [0.3, 0.4) is 0 Å². The van der Waals surface area contributed by atoms with Gasteiger partial charge in [-0.2, -0.15) is 0 Å². The Morgan fingerprint density at radius 1 is 1.29 bits per heavy atom. The Morgan fingerprint density at radius 2 is 1.71 bits per heavy atom. The number of rotatable bonds is 1. The Bertz CT molecular complexity index is 163. The highest BCUT2D eigenvalue weighted by Crippen LogP contribution is 2.13. The van der Waals surface area contributed by atoms with Crippen molar-refractivity contribution in [3.05, 3.63) is 0 Å². The van der Waals surface area contributed by atoms with E-state index >= 15 is 0 Å². The zero-order chi connectivity index (χ0) is 11.1. The number of hydrogen-bond acceptors (Lipinski definition) is 2. The van der Waals surface area contributed by atoms with Gasteiger partial charge < -0.3 is 9.80 Å². The molecule has 0 aromatic rings. The van der Waals surface area contributed by atoms with Crippen LogP contribution in [0.5, 0.6) is 0 Å². The fourth-order valence-corrected chi connectivity index (χ4v) is 1.64. The molecule has 0 bridgehead atoms. The van der Waals surface area contributed by atoms with E-state index in [1.165, 1.54) is 0 Å². The summed E-state index contributed by atoms with van der Waals surface area (Å²) in [5.41, 5.74) is 0. The van der Waals surface area contributed by atoms with Crippen molar-refractivity contribution in [2.75, 3.05) is 27.2 Å². The number of carbonyl (C=O) groups is 1. The van der Waals surface area contributed by atoms with Crippen LogP contribution in [0.2, 0.25) is 0 Å². The third-order valence-electron chi connectivity index (χ3n) is 2.73. The second-order valence-electron chi connectivity index (χ2n) is 3.66. The maximum atomic E-state index is 11.0. The third kappa shape index (κ3) is 4.09. The quantitative estimate of drug-likeness (QED) is 0.641. The molecule has 1 aliphatic rings. The van der Waals surface area contributed by atoms with Crippen molar-refractivity contribution in [3.8, 4) is 0 Å². The first-order chi connectivity index (χ1) is 6.61. The van der Waals surface area contributed by atoms with Gasteiger partial charge >= 0.3 is 0 Å². The molecule has 1 heterocycles. The minimum atomic E-state index is 0.185. The highest BCUT2D eigenvalue weighted by atomic mass is 16.2. The Hall–Kier alpha value is -0.570. The summed E-state index contributed by atoms with van der Waals surface area (Å²) in [5, 5.41) is 0. The van der Waals surface area contributed by atoms with Crippen LogP contribution in [-0.4, -0.2) is 48.9 Å². The minimum Gasteiger partial charge on any atom is -0.343 e. The van der Waals surface area contributed by atoms with E-state index in [0.717, 1.165) is 25.9 Å². The first-order valence-electron chi connectivity index (χ1n) is 5.53. The van der Waals surface area contributed by atoms with Crippen LogP contribution < -0.4 is 0 Å². The van der Waals surface area contributed by atoms with Gasteiger partial charge in [0.05, 0.1) is 0 Å². The van der Waals surface area contributed by atoms with Crippen LogP contribution in [0.4, 0.5) is 0 Å². The van der Waals surface area contributed by atoms with Gasteiger partial charge in [0.25, 0.3) is 0 Å². The lowest BCUT2D eigenvalue weighted by Crippen LogP contribution is -2.43. The predicted molar refractivity (Wildman–Crippen MR) is 60.3 cm³/mol. The Kier molecular flexibility index (Phi) is 6.54. The molecular formula is C11H24N2O. The zero-order valence-electron chi connectivity index (χ0n) is 10.2. The van der Waals surface area contributed by atoms with Crippen LogP contribution in [-0.2, 0) is 4.79 Å². The van der Waals surface area contributed by atoms with Gasteiger partial charge in [0.15, 0.2) is 0 Å². The first kappa shape index (κ1) is 13.4. The van der Waals surface area contributed by atoms with Crippen LogP contribution in [0.15, 0.2) is 0 Å². The van der Waals surface area contributed by atoms with E-state index in [1.54, 1.807) is 6.92 Å². The van der Waals surface area contributed by atoms with E-state index in [4.69, 9.17) is 0 Å². The predicted octanol–water partition coefficient (Wildman–Crippen LogP) is 1.59. The lowest BCUT2D eigenvalue weighted by Gasteiger charge is -2.34. The van der Waals surface area contributed by atoms with E-state index in [2.05, 4.69) is 11.9 Å². The van der Waals surface area contributed by atoms with Gasteiger partial charge in [-0.05, 0) is 33.0 Å². The molecule has 0 spiro atoms. The van der Waals surface area contributed by atoms with Crippen molar-refractivity contribution in [1.82, 2.24) is 9.80 Å². The highest BCUT2D eigenvalue weighted by Gasteiger charge is 2.21. The summed E-state index contributed by atoms with van der Waals surface area (Å²) in [6.07, 6.45) is 2.24. The summed E-state index contributed by atoms with van der Waals surface area (Å²) in [6.45, 7) is 7.86. The molecule has 1 aliphatic heterocycles. The average Bonchev–Trinajstić information content (AvgIpc) is 2.21. The van der Waals surface area contributed by atoms with Gasteiger partial charge in [-0.3, -0.25) is 4.79 Å². The number of nitrogens with zero attached hydrogens (tertiary/aromatic N) is 2. The number of likely N-dealkylation sites (tertiary alicyclic amines) is 1. The summed E-state index contributed by atoms with van der Waals surface area (Å²) in [7, 11) is 4.03. The van der Waals surface area contributed by atoms with Crippen LogP contribution in [0, 0.1) is 0 Å². The fourth-order valence-electron chi connectivity index (χ4n) is 1.64. The first-order valence-corrected chi connectivity index (χ1v) is 5.53. The maximum Gasteiger partial charge on any atom is 0.219 e. The molecule has 84 valence electrons. The summed E-state index contributed by atoms with van der Waals surface area (Å²) in [4.78, 5) is 15.2. The van der Waals surface area contributed by atoms with Crippen molar-refractivity contribution in [2.45, 2.75) is 39.7 Å².